The highest BCUT2D eigenvalue weighted by Gasteiger charge is 2.29. The summed E-state index contributed by atoms with van der Waals surface area (Å²) in [5.74, 6) is 0.771. The molecular formula is C25H27O2S+. The highest BCUT2D eigenvalue weighted by atomic mass is 32.2. The van der Waals surface area contributed by atoms with Crippen molar-refractivity contribution < 1.29 is 10.2 Å². The van der Waals surface area contributed by atoms with Crippen molar-refractivity contribution in [1.82, 2.24) is 0 Å². The molecule has 2 N–H and O–H groups in total. The van der Waals surface area contributed by atoms with E-state index >= 15 is 0 Å². The first-order chi connectivity index (χ1) is 13.1. The number of rotatable bonds is 1. The number of phenolic OH excluding ortho intramolecular Hbond substituents is 2. The van der Waals surface area contributed by atoms with Crippen molar-refractivity contribution in [3.8, 4) is 16.4 Å². The number of thiophene rings is 1. The minimum Gasteiger partial charge on any atom is -0.507 e. The molecule has 2 nitrogen and oxygen atoms in total. The first-order valence-electron chi connectivity index (χ1n) is 9.62. The summed E-state index contributed by atoms with van der Waals surface area (Å²) in [6, 6.07) is 8.71. The second kappa shape index (κ2) is 6.25. The van der Waals surface area contributed by atoms with Crippen molar-refractivity contribution in [3.05, 3.63) is 63.2 Å². The summed E-state index contributed by atoms with van der Waals surface area (Å²) >= 11 is 0. The van der Waals surface area contributed by atoms with E-state index in [9.17, 15) is 10.2 Å². The molecule has 0 aliphatic carbocycles. The van der Waals surface area contributed by atoms with Crippen molar-refractivity contribution in [3.63, 3.8) is 0 Å². The maximum Gasteiger partial charge on any atom is 0.188 e. The zero-order valence-corrected chi connectivity index (χ0v) is 18.4. The quantitative estimate of drug-likeness (QED) is 0.334. The maximum absolute atomic E-state index is 10.7. The average molecular weight is 392 g/mol. The van der Waals surface area contributed by atoms with E-state index in [1.54, 1.807) is 0 Å². The van der Waals surface area contributed by atoms with Crippen LogP contribution in [0.4, 0.5) is 0 Å². The average Bonchev–Trinajstić information content (AvgIpc) is 2.95. The lowest BCUT2D eigenvalue weighted by Gasteiger charge is -2.06. The van der Waals surface area contributed by atoms with Crippen LogP contribution in [0, 0.1) is 48.5 Å². The zero-order valence-electron chi connectivity index (χ0n) is 17.6. The van der Waals surface area contributed by atoms with Gasteiger partial charge in [0, 0.05) is 40.3 Å². The van der Waals surface area contributed by atoms with Crippen LogP contribution in [0.25, 0.3) is 25.1 Å². The molecule has 1 heterocycles. The van der Waals surface area contributed by atoms with Gasteiger partial charge in [0.2, 0.25) is 0 Å². The van der Waals surface area contributed by atoms with E-state index in [4.69, 9.17) is 0 Å². The zero-order chi connectivity index (χ0) is 20.5. The van der Waals surface area contributed by atoms with Crippen LogP contribution >= 0.6 is 10.5 Å². The molecule has 144 valence electrons. The highest BCUT2D eigenvalue weighted by Crippen LogP contribution is 2.53. The van der Waals surface area contributed by atoms with E-state index in [1.165, 1.54) is 41.8 Å². The summed E-state index contributed by atoms with van der Waals surface area (Å²) in [7, 11) is -0.249. The van der Waals surface area contributed by atoms with E-state index in [0.29, 0.717) is 11.5 Å². The fourth-order valence-corrected chi connectivity index (χ4v) is 7.17. The Kier molecular flexibility index (Phi) is 4.20. The van der Waals surface area contributed by atoms with Gasteiger partial charge in [-0.05, 0) is 81.8 Å². The largest absolute Gasteiger partial charge is 0.507 e. The Labute approximate surface area is 169 Å². The smallest absolute Gasteiger partial charge is 0.188 e. The molecule has 0 fully saturated rings. The molecule has 0 aliphatic rings. The number of aryl methyl sites for hydroxylation is 6. The fourth-order valence-electron chi connectivity index (χ4n) is 4.33. The van der Waals surface area contributed by atoms with Crippen molar-refractivity contribution in [2.24, 2.45) is 0 Å². The third-order valence-corrected chi connectivity index (χ3v) is 8.44. The van der Waals surface area contributed by atoms with Crippen molar-refractivity contribution in [1.29, 1.82) is 0 Å². The number of aromatic hydroxyl groups is 2. The predicted molar refractivity (Wildman–Crippen MR) is 122 cm³/mol. The monoisotopic (exact) mass is 391 g/mol. The number of phenols is 2. The van der Waals surface area contributed by atoms with Crippen molar-refractivity contribution >= 4 is 30.6 Å². The second-order valence-electron chi connectivity index (χ2n) is 8.07. The molecule has 0 bridgehead atoms. The van der Waals surface area contributed by atoms with Gasteiger partial charge in [-0.3, -0.25) is 0 Å². The molecule has 0 amide bonds. The van der Waals surface area contributed by atoms with E-state index in [2.05, 4.69) is 45.0 Å². The summed E-state index contributed by atoms with van der Waals surface area (Å²) in [5, 5.41) is 23.4. The topological polar surface area (TPSA) is 40.5 Å². The van der Waals surface area contributed by atoms with Crippen molar-refractivity contribution in [2.75, 3.05) is 0 Å². The molecule has 28 heavy (non-hydrogen) atoms. The van der Waals surface area contributed by atoms with Gasteiger partial charge in [0.25, 0.3) is 0 Å². The van der Waals surface area contributed by atoms with Gasteiger partial charge in [-0.25, -0.2) is 0 Å². The number of hydrogen-bond donors (Lipinski definition) is 2. The van der Waals surface area contributed by atoms with Crippen LogP contribution in [0.3, 0.4) is 0 Å². The Morgan fingerprint density at radius 2 is 1.00 bits per heavy atom. The summed E-state index contributed by atoms with van der Waals surface area (Å²) in [4.78, 5) is 1.22. The minimum atomic E-state index is -0.249. The van der Waals surface area contributed by atoms with E-state index in [0.717, 1.165) is 22.3 Å². The molecule has 3 aromatic carbocycles. The molecule has 1 unspecified atom stereocenters. The van der Waals surface area contributed by atoms with Crippen LogP contribution in [0.15, 0.2) is 24.3 Å². The molecule has 4 aromatic rings. The molecular weight excluding hydrogens is 364 g/mol. The molecule has 0 spiro atoms. The molecule has 3 heteroatoms. The number of fused-ring (bicyclic) bond motifs is 3. The van der Waals surface area contributed by atoms with Crippen LogP contribution in [-0.2, 0) is 0 Å². The van der Waals surface area contributed by atoms with E-state index in [1.807, 2.05) is 27.7 Å². The van der Waals surface area contributed by atoms with Gasteiger partial charge < -0.3 is 10.2 Å². The predicted octanol–water partition coefficient (Wildman–Crippen LogP) is 7.30. The molecule has 0 radical (unpaired) electrons. The number of hydrogen-bond acceptors (Lipinski definition) is 2. The summed E-state index contributed by atoms with van der Waals surface area (Å²) in [6.45, 7) is 14.5. The number of benzene rings is 3. The van der Waals surface area contributed by atoms with Gasteiger partial charge in [-0.1, -0.05) is 0 Å². The minimum absolute atomic E-state index is 0.249. The van der Waals surface area contributed by atoms with Gasteiger partial charge in [-0.2, -0.15) is 0 Å². The van der Waals surface area contributed by atoms with Gasteiger partial charge >= 0.3 is 0 Å². The lowest BCUT2D eigenvalue weighted by Crippen LogP contribution is -1.88. The van der Waals surface area contributed by atoms with Crippen LogP contribution in [-0.4, -0.2) is 10.2 Å². The summed E-state index contributed by atoms with van der Waals surface area (Å²) < 4.78 is 2.61. The van der Waals surface area contributed by atoms with E-state index < -0.39 is 0 Å². The van der Waals surface area contributed by atoms with Crippen molar-refractivity contribution in [2.45, 2.75) is 48.5 Å². The summed E-state index contributed by atoms with van der Waals surface area (Å²) in [6.07, 6.45) is 0. The molecule has 0 saturated heterocycles. The third kappa shape index (κ3) is 2.46. The van der Waals surface area contributed by atoms with Crippen LogP contribution in [0.2, 0.25) is 0 Å². The Morgan fingerprint density at radius 3 is 1.57 bits per heavy atom. The molecule has 0 saturated carbocycles. The Hall–Kier alpha value is -2.52. The molecule has 1 atom stereocenters. The molecule has 0 aliphatic heterocycles. The summed E-state index contributed by atoms with van der Waals surface area (Å²) in [5.41, 5.74) is 7.60. The highest BCUT2D eigenvalue weighted by molar-refractivity contribution is 7.50. The maximum atomic E-state index is 10.7. The lowest BCUT2D eigenvalue weighted by atomic mass is 9.96. The van der Waals surface area contributed by atoms with Gasteiger partial charge in [0.15, 0.2) is 14.3 Å². The Balaban J connectivity index is 2.32. The van der Waals surface area contributed by atoms with Crippen LogP contribution in [0.1, 0.15) is 38.9 Å². The second-order valence-corrected chi connectivity index (χ2v) is 10.0. The van der Waals surface area contributed by atoms with Crippen LogP contribution in [0.5, 0.6) is 11.5 Å². The Morgan fingerprint density at radius 1 is 0.536 bits per heavy atom. The van der Waals surface area contributed by atoms with Gasteiger partial charge in [0.1, 0.15) is 11.5 Å². The fraction of sp³-hybridized carbons (Fsp3) is 0.280. The lowest BCUT2D eigenvalue weighted by molar-refractivity contribution is 0.467. The molecule has 1 aromatic heterocycles. The first kappa shape index (κ1) is 18.8. The molecule has 4 rings (SSSR count). The normalized spacial score (nSPS) is 12.3. The third-order valence-electron chi connectivity index (χ3n) is 6.21. The first-order valence-corrected chi connectivity index (χ1v) is 10.8. The van der Waals surface area contributed by atoms with Gasteiger partial charge in [-0.15, -0.1) is 0 Å². The SMILES string of the molecule is Cc1cc2c(c(C)c1C)c1c(C)c(O)c(C)cc1[s+]2-c1cc(C)c(O)c(C)c1. The van der Waals surface area contributed by atoms with E-state index in [-0.39, 0.29) is 10.5 Å². The van der Waals surface area contributed by atoms with Gasteiger partial charge in [0.05, 0.1) is 10.8 Å². The Bertz CT molecular complexity index is 1200. The van der Waals surface area contributed by atoms with Crippen LogP contribution < -0.4 is 0 Å². The standard InChI is InChI=1S/C25H26O2S/c1-12-10-20-22(17(6)16(12)5)23-18(7)25(27)15(4)11-21(23)28(20)19-8-13(2)24(26)14(3)9-19/h8-11H,1-7H3,(H-,26,27)/p+1.